The molecule has 0 aromatic heterocycles. The summed E-state index contributed by atoms with van der Waals surface area (Å²) in [5, 5.41) is 0. The molecule has 0 spiro atoms. The van der Waals surface area contributed by atoms with Crippen molar-refractivity contribution in [3.05, 3.63) is 35.9 Å². The second-order valence-electron chi connectivity index (χ2n) is 6.61. The maximum Gasteiger partial charge on any atom is 0.234 e. The van der Waals surface area contributed by atoms with Gasteiger partial charge in [-0.05, 0) is 24.3 Å². The van der Waals surface area contributed by atoms with Crippen molar-refractivity contribution < 1.29 is 9.59 Å². The van der Waals surface area contributed by atoms with E-state index in [2.05, 4.69) is 17.0 Å². The predicted molar refractivity (Wildman–Crippen MR) is 78.1 cm³/mol. The highest BCUT2D eigenvalue weighted by Gasteiger charge is 2.59. The van der Waals surface area contributed by atoms with E-state index in [1.807, 2.05) is 18.2 Å². The lowest BCUT2D eigenvalue weighted by molar-refractivity contribution is -0.139. The third kappa shape index (κ3) is 2.01. The summed E-state index contributed by atoms with van der Waals surface area (Å²) in [4.78, 5) is 28.4. The molecule has 110 valence electrons. The third-order valence-corrected chi connectivity index (χ3v) is 5.25. The van der Waals surface area contributed by atoms with Crippen LogP contribution in [0.25, 0.3) is 0 Å². The molecule has 1 saturated carbocycles. The molecule has 4 rings (SSSR count). The van der Waals surface area contributed by atoms with Crippen molar-refractivity contribution in [2.24, 2.45) is 17.8 Å². The van der Waals surface area contributed by atoms with Gasteiger partial charge in [0.15, 0.2) is 0 Å². The standard InChI is InChI=1S/C17H20N2O2/c1-18-16(20)13-10-19(9-11-5-3-2-4-6-11)15(12-7-8-12)14(13)17(18)21/h2-6,12-15H,7-10H2,1H3/t13-,14-,15-/m1/s1. The molecule has 0 N–H and O–H groups in total. The Labute approximate surface area is 124 Å². The largest absolute Gasteiger partial charge is 0.294 e. The van der Waals surface area contributed by atoms with E-state index in [1.54, 1.807) is 7.05 Å². The summed E-state index contributed by atoms with van der Waals surface area (Å²) in [7, 11) is 1.63. The Morgan fingerprint density at radius 2 is 1.81 bits per heavy atom. The van der Waals surface area contributed by atoms with Gasteiger partial charge in [0.05, 0.1) is 11.8 Å². The molecule has 2 amide bonds. The maximum absolute atomic E-state index is 12.4. The molecular weight excluding hydrogens is 264 g/mol. The first-order valence-corrected chi connectivity index (χ1v) is 7.76. The highest BCUT2D eigenvalue weighted by molar-refractivity contribution is 6.05. The molecule has 1 aliphatic carbocycles. The number of amides is 2. The highest BCUT2D eigenvalue weighted by atomic mass is 16.2. The number of carbonyl (C=O) groups excluding carboxylic acids is 2. The second-order valence-corrected chi connectivity index (χ2v) is 6.61. The topological polar surface area (TPSA) is 40.6 Å². The van der Waals surface area contributed by atoms with Crippen LogP contribution in [0, 0.1) is 17.8 Å². The summed E-state index contributed by atoms with van der Waals surface area (Å²) in [5.41, 5.74) is 1.26. The zero-order valence-corrected chi connectivity index (χ0v) is 12.2. The molecule has 21 heavy (non-hydrogen) atoms. The number of hydrogen-bond donors (Lipinski definition) is 0. The summed E-state index contributed by atoms with van der Waals surface area (Å²) >= 11 is 0. The normalized spacial score (nSPS) is 32.8. The lowest BCUT2D eigenvalue weighted by Gasteiger charge is -2.28. The Hall–Kier alpha value is -1.68. The van der Waals surface area contributed by atoms with Crippen molar-refractivity contribution in [3.8, 4) is 0 Å². The van der Waals surface area contributed by atoms with Crippen molar-refractivity contribution in [3.63, 3.8) is 0 Å². The molecule has 1 aromatic rings. The van der Waals surface area contributed by atoms with Gasteiger partial charge in [0, 0.05) is 26.2 Å². The number of nitrogens with zero attached hydrogens (tertiary/aromatic N) is 2. The van der Waals surface area contributed by atoms with E-state index in [0.29, 0.717) is 5.92 Å². The van der Waals surface area contributed by atoms with E-state index in [0.717, 1.165) is 13.1 Å². The van der Waals surface area contributed by atoms with E-state index in [9.17, 15) is 9.59 Å². The van der Waals surface area contributed by atoms with Gasteiger partial charge in [-0.15, -0.1) is 0 Å². The molecule has 1 aromatic carbocycles. The Morgan fingerprint density at radius 1 is 1.10 bits per heavy atom. The Morgan fingerprint density at radius 3 is 2.48 bits per heavy atom. The Bertz CT molecular complexity index is 582. The molecule has 0 bridgehead atoms. The average molecular weight is 284 g/mol. The summed E-state index contributed by atoms with van der Waals surface area (Å²) in [6, 6.07) is 10.6. The van der Waals surface area contributed by atoms with Crippen molar-refractivity contribution in [1.29, 1.82) is 0 Å². The number of imide groups is 1. The molecule has 2 aliphatic heterocycles. The van der Waals surface area contributed by atoms with Crippen LogP contribution in [0.3, 0.4) is 0 Å². The lowest BCUT2D eigenvalue weighted by atomic mass is 9.90. The van der Waals surface area contributed by atoms with Gasteiger partial charge in [-0.2, -0.15) is 0 Å². The van der Waals surface area contributed by atoms with Crippen LogP contribution in [0.4, 0.5) is 0 Å². The van der Waals surface area contributed by atoms with Crippen LogP contribution in [-0.4, -0.2) is 41.2 Å². The lowest BCUT2D eigenvalue weighted by Crippen LogP contribution is -2.40. The quantitative estimate of drug-likeness (QED) is 0.790. The third-order valence-electron chi connectivity index (χ3n) is 5.25. The van der Waals surface area contributed by atoms with Crippen LogP contribution >= 0.6 is 0 Å². The summed E-state index contributed by atoms with van der Waals surface area (Å²) in [6.07, 6.45) is 2.40. The monoisotopic (exact) mass is 284 g/mol. The van der Waals surface area contributed by atoms with Crippen molar-refractivity contribution in [2.75, 3.05) is 13.6 Å². The second kappa shape index (κ2) is 4.67. The van der Waals surface area contributed by atoms with Crippen LogP contribution < -0.4 is 0 Å². The van der Waals surface area contributed by atoms with Gasteiger partial charge in [0.25, 0.3) is 0 Å². The van der Waals surface area contributed by atoms with Gasteiger partial charge in [-0.3, -0.25) is 19.4 Å². The molecule has 3 fully saturated rings. The summed E-state index contributed by atoms with van der Waals surface area (Å²) < 4.78 is 0. The fourth-order valence-electron chi connectivity index (χ4n) is 4.10. The number of benzene rings is 1. The van der Waals surface area contributed by atoms with E-state index < -0.39 is 0 Å². The van der Waals surface area contributed by atoms with Gasteiger partial charge in [0.1, 0.15) is 0 Å². The van der Waals surface area contributed by atoms with Gasteiger partial charge in [-0.25, -0.2) is 0 Å². The molecule has 3 aliphatic rings. The van der Waals surface area contributed by atoms with Crippen molar-refractivity contribution in [2.45, 2.75) is 25.4 Å². The van der Waals surface area contributed by atoms with E-state index >= 15 is 0 Å². The molecule has 3 atom stereocenters. The predicted octanol–water partition coefficient (Wildman–Crippen LogP) is 1.51. The minimum absolute atomic E-state index is 0.0196. The number of carbonyl (C=O) groups is 2. The fourth-order valence-corrected chi connectivity index (χ4v) is 4.10. The minimum Gasteiger partial charge on any atom is -0.294 e. The van der Waals surface area contributed by atoms with Crippen molar-refractivity contribution in [1.82, 2.24) is 9.80 Å². The Kier molecular flexibility index (Phi) is 2.89. The maximum atomic E-state index is 12.4. The zero-order chi connectivity index (χ0) is 14.6. The number of fused-ring (bicyclic) bond motifs is 1. The zero-order valence-electron chi connectivity index (χ0n) is 12.2. The van der Waals surface area contributed by atoms with E-state index in [-0.39, 0.29) is 29.7 Å². The molecule has 4 nitrogen and oxygen atoms in total. The van der Waals surface area contributed by atoms with Crippen molar-refractivity contribution >= 4 is 11.8 Å². The summed E-state index contributed by atoms with van der Waals surface area (Å²) in [5.74, 6) is 0.450. The first-order valence-electron chi connectivity index (χ1n) is 7.76. The van der Waals surface area contributed by atoms with E-state index in [4.69, 9.17) is 0 Å². The number of hydrogen-bond acceptors (Lipinski definition) is 3. The first-order chi connectivity index (χ1) is 10.2. The molecule has 2 saturated heterocycles. The van der Waals surface area contributed by atoms with Crippen LogP contribution in [0.5, 0.6) is 0 Å². The molecule has 0 unspecified atom stereocenters. The van der Waals surface area contributed by atoms with Gasteiger partial charge in [-0.1, -0.05) is 30.3 Å². The van der Waals surface area contributed by atoms with Gasteiger partial charge < -0.3 is 0 Å². The smallest absolute Gasteiger partial charge is 0.234 e. The van der Waals surface area contributed by atoms with Crippen LogP contribution in [-0.2, 0) is 16.1 Å². The summed E-state index contributed by atoms with van der Waals surface area (Å²) in [6.45, 7) is 1.58. The van der Waals surface area contributed by atoms with Gasteiger partial charge >= 0.3 is 0 Å². The fraction of sp³-hybridized carbons (Fsp3) is 0.529. The number of rotatable bonds is 3. The van der Waals surface area contributed by atoms with Crippen LogP contribution in [0.15, 0.2) is 30.3 Å². The molecule has 2 heterocycles. The average Bonchev–Trinajstić information content (AvgIpc) is 3.24. The highest BCUT2D eigenvalue weighted by Crippen LogP contribution is 2.48. The first kappa shape index (κ1) is 13.0. The molecular formula is C17H20N2O2. The molecule has 4 heteroatoms. The van der Waals surface area contributed by atoms with Gasteiger partial charge in [0.2, 0.25) is 11.8 Å². The van der Waals surface area contributed by atoms with Crippen LogP contribution in [0.1, 0.15) is 18.4 Å². The SMILES string of the molecule is CN1C(=O)[C@H]2[C@@H](C3CC3)N(Cc3ccccc3)C[C@H]2C1=O. The minimum atomic E-state index is -0.114. The van der Waals surface area contributed by atoms with E-state index in [1.165, 1.54) is 23.3 Å². The Balaban J connectivity index is 1.61. The van der Waals surface area contributed by atoms with Crippen LogP contribution in [0.2, 0.25) is 0 Å². The molecule has 0 radical (unpaired) electrons. The number of likely N-dealkylation sites (tertiary alicyclic amines) is 2.